The second-order valence-corrected chi connectivity index (χ2v) is 11.0. The maximum atomic E-state index is 12.8. The number of carbonyl (C=O) groups is 2. The van der Waals surface area contributed by atoms with Gasteiger partial charge in [-0.2, -0.15) is 0 Å². The third-order valence-corrected chi connectivity index (χ3v) is 8.15. The zero-order chi connectivity index (χ0) is 24.6. The van der Waals surface area contributed by atoms with Crippen LogP contribution in [0.25, 0.3) is 0 Å². The van der Waals surface area contributed by atoms with Crippen LogP contribution in [-0.2, 0) is 32.2 Å². The summed E-state index contributed by atoms with van der Waals surface area (Å²) < 4.78 is 47.1. The van der Waals surface area contributed by atoms with E-state index >= 15 is 0 Å². The van der Waals surface area contributed by atoms with Crippen LogP contribution in [0.4, 0.5) is 5.00 Å². The maximum Gasteiger partial charge on any atom is 0.341 e. The van der Waals surface area contributed by atoms with E-state index < -0.39 is 38.8 Å². The van der Waals surface area contributed by atoms with Crippen LogP contribution in [0.5, 0.6) is 11.5 Å². The predicted molar refractivity (Wildman–Crippen MR) is 123 cm³/mol. The molecule has 3 heterocycles. The summed E-state index contributed by atoms with van der Waals surface area (Å²) in [6.45, 7) is 0.0541. The van der Waals surface area contributed by atoms with Gasteiger partial charge in [0, 0.05) is 4.88 Å². The molecule has 0 saturated heterocycles. The number of sulfone groups is 1. The molecule has 0 radical (unpaired) electrons. The third-order valence-electron chi connectivity index (χ3n) is 5.61. The lowest BCUT2D eigenvalue weighted by atomic mass is 9.95. The quantitative estimate of drug-likeness (QED) is 0.482. The molecule has 0 spiro atoms. The number of fused-ring (bicyclic) bond motifs is 2. The summed E-state index contributed by atoms with van der Waals surface area (Å²) in [5.41, 5.74) is 1.14. The van der Waals surface area contributed by atoms with Gasteiger partial charge in [-0.25, -0.2) is 13.2 Å². The molecule has 1 unspecified atom stereocenters. The van der Waals surface area contributed by atoms with Gasteiger partial charge in [0.1, 0.15) is 17.4 Å². The summed E-state index contributed by atoms with van der Waals surface area (Å²) in [4.78, 5) is 26.0. The Morgan fingerprint density at radius 1 is 1.17 bits per heavy atom. The van der Waals surface area contributed by atoms with Crippen molar-refractivity contribution in [1.29, 1.82) is 0 Å². The normalized spacial score (nSPS) is 16.9. The van der Waals surface area contributed by atoms with Crippen molar-refractivity contribution >= 4 is 38.1 Å². The average Bonchev–Trinajstić information content (AvgIpc) is 3.48. The Morgan fingerprint density at radius 2 is 1.94 bits per heavy atom. The number of amides is 1. The smallest absolute Gasteiger partial charge is 0.341 e. The lowest BCUT2D eigenvalue weighted by Crippen LogP contribution is -2.24. The molecule has 1 aromatic carbocycles. The van der Waals surface area contributed by atoms with E-state index in [1.807, 2.05) is 0 Å². The Labute approximate surface area is 204 Å². The highest BCUT2D eigenvalue weighted by molar-refractivity contribution is 7.91. The van der Waals surface area contributed by atoms with Gasteiger partial charge >= 0.3 is 11.2 Å². The summed E-state index contributed by atoms with van der Waals surface area (Å²) in [5.74, 6) is -1.42. The number of aromatic nitrogens is 2. The number of nitrogens with zero attached hydrogens (tertiary/aromatic N) is 2. The van der Waals surface area contributed by atoms with Gasteiger partial charge in [0.2, 0.25) is 21.8 Å². The molecule has 0 fully saturated rings. The molecule has 11 nitrogen and oxygen atoms in total. The van der Waals surface area contributed by atoms with Crippen molar-refractivity contribution in [3.63, 3.8) is 0 Å². The van der Waals surface area contributed by atoms with E-state index in [0.29, 0.717) is 17.9 Å². The number of benzene rings is 1. The number of thiophene rings is 1. The van der Waals surface area contributed by atoms with Crippen LogP contribution in [0.2, 0.25) is 0 Å². The number of hydrogen-bond acceptors (Lipinski definition) is 11. The molecular weight excluding hydrogens is 498 g/mol. The van der Waals surface area contributed by atoms with Gasteiger partial charge in [0.15, 0.2) is 11.5 Å². The van der Waals surface area contributed by atoms with Crippen LogP contribution in [0.1, 0.15) is 45.6 Å². The SMILES string of the molecule is COC(=O)c1c(NC(=O)CS(=O)(=O)c2nnc(C3COc4ccccc4O3)o2)sc2c1CCCC2. The number of rotatable bonds is 6. The zero-order valence-electron chi connectivity index (χ0n) is 18.6. The van der Waals surface area contributed by atoms with Crippen molar-refractivity contribution in [1.82, 2.24) is 10.2 Å². The second-order valence-electron chi connectivity index (χ2n) is 7.98. The lowest BCUT2D eigenvalue weighted by molar-refractivity contribution is -0.113. The Kier molecular flexibility index (Phi) is 6.19. The van der Waals surface area contributed by atoms with Crippen molar-refractivity contribution in [2.75, 3.05) is 24.8 Å². The molecule has 1 aliphatic heterocycles. The van der Waals surface area contributed by atoms with Crippen molar-refractivity contribution in [2.45, 2.75) is 37.0 Å². The minimum Gasteiger partial charge on any atom is -0.485 e. The van der Waals surface area contributed by atoms with Gasteiger partial charge in [0.25, 0.3) is 5.89 Å². The highest BCUT2D eigenvalue weighted by atomic mass is 32.2. The molecule has 2 aromatic heterocycles. The van der Waals surface area contributed by atoms with E-state index in [2.05, 4.69) is 15.5 Å². The fraction of sp³-hybridized carbons (Fsp3) is 0.364. The molecule has 1 atom stereocenters. The zero-order valence-corrected chi connectivity index (χ0v) is 20.2. The summed E-state index contributed by atoms with van der Waals surface area (Å²) in [7, 11) is -3.00. The first-order chi connectivity index (χ1) is 16.9. The van der Waals surface area contributed by atoms with E-state index in [4.69, 9.17) is 18.6 Å². The molecule has 3 aromatic rings. The molecule has 1 amide bonds. The first-order valence-electron chi connectivity index (χ1n) is 10.8. The largest absolute Gasteiger partial charge is 0.485 e. The summed E-state index contributed by atoms with van der Waals surface area (Å²) in [6.07, 6.45) is 2.61. The molecule has 13 heteroatoms. The number of esters is 1. The first kappa shape index (κ1) is 23.3. The first-order valence-corrected chi connectivity index (χ1v) is 13.3. The number of hydrogen-bond donors (Lipinski definition) is 1. The van der Waals surface area contributed by atoms with E-state index in [-0.39, 0.29) is 23.1 Å². The molecule has 1 aliphatic carbocycles. The summed E-state index contributed by atoms with van der Waals surface area (Å²) in [5, 5.41) is 9.50. The van der Waals surface area contributed by atoms with E-state index in [9.17, 15) is 18.0 Å². The molecule has 184 valence electrons. The van der Waals surface area contributed by atoms with Crippen LogP contribution >= 0.6 is 11.3 Å². The Hall–Kier alpha value is -3.45. The van der Waals surface area contributed by atoms with Crippen LogP contribution in [-0.4, -0.2) is 50.0 Å². The number of nitrogens with one attached hydrogen (secondary N) is 1. The van der Waals surface area contributed by atoms with Crippen LogP contribution < -0.4 is 14.8 Å². The lowest BCUT2D eigenvalue weighted by Gasteiger charge is -2.23. The monoisotopic (exact) mass is 519 g/mol. The van der Waals surface area contributed by atoms with Gasteiger partial charge in [-0.15, -0.1) is 16.4 Å². The van der Waals surface area contributed by atoms with Crippen molar-refractivity contribution in [3.05, 3.63) is 46.2 Å². The van der Waals surface area contributed by atoms with Crippen molar-refractivity contribution in [3.8, 4) is 11.5 Å². The summed E-state index contributed by atoms with van der Waals surface area (Å²) >= 11 is 1.26. The van der Waals surface area contributed by atoms with E-state index in [0.717, 1.165) is 29.7 Å². The average molecular weight is 520 g/mol. The molecule has 1 N–H and O–H groups in total. The Morgan fingerprint density at radius 3 is 2.74 bits per heavy atom. The molecule has 0 bridgehead atoms. The number of methoxy groups -OCH3 is 1. The third kappa shape index (κ3) is 4.60. The van der Waals surface area contributed by atoms with Crippen molar-refractivity contribution < 1.29 is 36.6 Å². The molecule has 5 rings (SSSR count). The number of para-hydroxylation sites is 2. The van der Waals surface area contributed by atoms with Gasteiger partial charge in [-0.3, -0.25) is 4.79 Å². The Balaban J connectivity index is 1.30. The van der Waals surface area contributed by atoms with E-state index in [1.165, 1.54) is 18.4 Å². The molecular formula is C22H21N3O8S2. The van der Waals surface area contributed by atoms with Gasteiger partial charge in [0.05, 0.1) is 12.7 Å². The number of aryl methyl sites for hydroxylation is 1. The maximum absolute atomic E-state index is 12.8. The predicted octanol–water partition coefficient (Wildman–Crippen LogP) is 2.72. The molecule has 2 aliphatic rings. The minimum atomic E-state index is -4.26. The highest BCUT2D eigenvalue weighted by Crippen LogP contribution is 2.39. The van der Waals surface area contributed by atoms with Gasteiger partial charge in [-0.1, -0.05) is 17.2 Å². The second kappa shape index (κ2) is 9.30. The van der Waals surface area contributed by atoms with Crippen LogP contribution in [0.15, 0.2) is 33.9 Å². The molecule has 35 heavy (non-hydrogen) atoms. The van der Waals surface area contributed by atoms with Gasteiger partial charge < -0.3 is 23.9 Å². The minimum absolute atomic E-state index is 0.0541. The number of carbonyl (C=O) groups excluding carboxylic acids is 2. The number of anilines is 1. The van der Waals surface area contributed by atoms with Crippen LogP contribution in [0, 0.1) is 0 Å². The summed E-state index contributed by atoms with van der Waals surface area (Å²) in [6, 6.07) is 7.00. The van der Waals surface area contributed by atoms with E-state index in [1.54, 1.807) is 24.3 Å². The topological polar surface area (TPSA) is 147 Å². The standard InChI is InChI=1S/C22H21N3O8S2/c1-30-21(27)18-12-6-2-5-9-16(12)34-20(18)23-17(26)11-35(28,29)22-25-24-19(33-22)15-10-31-13-7-3-4-8-14(13)32-15/h3-4,7-8,15H,2,5-6,9-11H2,1H3,(H,23,26). The highest BCUT2D eigenvalue weighted by Gasteiger charge is 2.33. The fourth-order valence-electron chi connectivity index (χ4n) is 3.99. The van der Waals surface area contributed by atoms with Gasteiger partial charge in [-0.05, 0) is 43.4 Å². The number of ether oxygens (including phenoxy) is 3. The fourth-order valence-corrected chi connectivity index (χ4v) is 6.20. The van der Waals surface area contributed by atoms with Crippen molar-refractivity contribution in [2.24, 2.45) is 0 Å². The molecule has 0 saturated carbocycles. The Bertz CT molecular complexity index is 1400. The van der Waals surface area contributed by atoms with Crippen LogP contribution in [0.3, 0.4) is 0 Å².